The molecule has 0 bridgehead atoms. The molecule has 2 aliphatic rings. The number of aromatic nitrogens is 2. The van der Waals surface area contributed by atoms with Gasteiger partial charge in [0.25, 0.3) is 5.91 Å². The van der Waals surface area contributed by atoms with E-state index in [4.69, 9.17) is 22.1 Å². The summed E-state index contributed by atoms with van der Waals surface area (Å²) in [6, 6.07) is 10.2. The van der Waals surface area contributed by atoms with E-state index in [0.717, 1.165) is 52.2 Å². The fourth-order valence-corrected chi connectivity index (χ4v) is 5.02. The molecule has 0 saturated carbocycles. The first kappa shape index (κ1) is 27.1. The molecule has 3 heterocycles. The molecule has 3 aromatic rings. The van der Waals surface area contributed by atoms with Crippen molar-refractivity contribution in [2.24, 2.45) is 5.92 Å². The molecule has 1 aromatic heterocycles. The zero-order valence-corrected chi connectivity index (χ0v) is 22.7. The van der Waals surface area contributed by atoms with Crippen molar-refractivity contribution in [1.82, 2.24) is 20.2 Å². The highest BCUT2D eigenvalue weighted by atomic mass is 35.5. The van der Waals surface area contributed by atoms with Crippen molar-refractivity contribution in [3.05, 3.63) is 59.3 Å². The summed E-state index contributed by atoms with van der Waals surface area (Å²) in [5, 5.41) is 6.40. The van der Waals surface area contributed by atoms with Crippen LogP contribution in [0.1, 0.15) is 23.2 Å². The van der Waals surface area contributed by atoms with E-state index in [2.05, 4.69) is 37.4 Å². The first-order chi connectivity index (χ1) is 18.9. The summed E-state index contributed by atoms with van der Waals surface area (Å²) in [4.78, 5) is 25.2. The number of anilines is 4. The van der Waals surface area contributed by atoms with E-state index in [9.17, 15) is 4.79 Å². The molecular formula is C28H33ClFN7O2. The van der Waals surface area contributed by atoms with Gasteiger partial charge in [-0.15, -0.1) is 0 Å². The van der Waals surface area contributed by atoms with Crippen LogP contribution in [0.15, 0.2) is 42.7 Å². The Morgan fingerprint density at radius 2 is 1.85 bits per heavy atom. The zero-order valence-electron chi connectivity index (χ0n) is 21.9. The Kier molecular flexibility index (Phi) is 8.44. The van der Waals surface area contributed by atoms with Gasteiger partial charge in [-0.2, -0.15) is 0 Å². The van der Waals surface area contributed by atoms with Crippen LogP contribution in [0.25, 0.3) is 11.1 Å². The lowest BCUT2D eigenvalue weighted by Gasteiger charge is -2.35. The SMILES string of the molecule is CN1CCN(c2cc(F)c(-c3ccc(C(=O)NCC4CCOCC4)cc3)cc2Nc2ncnc(Cl)c2N)CC1. The van der Waals surface area contributed by atoms with Crippen LogP contribution in [0.2, 0.25) is 5.15 Å². The first-order valence-corrected chi connectivity index (χ1v) is 13.5. The van der Waals surface area contributed by atoms with Crippen molar-refractivity contribution in [1.29, 1.82) is 0 Å². The van der Waals surface area contributed by atoms with Gasteiger partial charge in [0.2, 0.25) is 0 Å². The van der Waals surface area contributed by atoms with Gasteiger partial charge in [-0.05, 0) is 55.6 Å². The molecule has 1 amide bonds. The van der Waals surface area contributed by atoms with Crippen LogP contribution in [0.3, 0.4) is 0 Å². The van der Waals surface area contributed by atoms with Crippen LogP contribution in [-0.2, 0) is 4.74 Å². The van der Waals surface area contributed by atoms with Crippen molar-refractivity contribution in [2.75, 3.05) is 68.9 Å². The van der Waals surface area contributed by atoms with Crippen molar-refractivity contribution in [3.8, 4) is 11.1 Å². The van der Waals surface area contributed by atoms with Crippen LogP contribution in [-0.4, -0.2) is 73.8 Å². The normalized spacial score (nSPS) is 16.7. The molecule has 2 aliphatic heterocycles. The highest BCUT2D eigenvalue weighted by Gasteiger charge is 2.22. The maximum Gasteiger partial charge on any atom is 0.251 e. The van der Waals surface area contributed by atoms with Crippen molar-refractivity contribution in [3.63, 3.8) is 0 Å². The molecule has 0 atom stereocenters. The van der Waals surface area contributed by atoms with Gasteiger partial charge in [-0.3, -0.25) is 4.79 Å². The minimum atomic E-state index is -0.361. The van der Waals surface area contributed by atoms with Gasteiger partial charge in [0, 0.05) is 57.1 Å². The number of nitrogens with zero attached hydrogens (tertiary/aromatic N) is 4. The number of halogens is 2. The van der Waals surface area contributed by atoms with Crippen molar-refractivity contribution < 1.29 is 13.9 Å². The average molecular weight is 554 g/mol. The Labute approximate surface area is 232 Å². The Bertz CT molecular complexity index is 1310. The number of hydrogen-bond donors (Lipinski definition) is 3. The van der Waals surface area contributed by atoms with E-state index in [0.29, 0.717) is 46.3 Å². The molecule has 0 spiro atoms. The lowest BCUT2D eigenvalue weighted by molar-refractivity contribution is 0.0642. The van der Waals surface area contributed by atoms with Crippen LogP contribution < -0.4 is 21.3 Å². The van der Waals surface area contributed by atoms with Crippen molar-refractivity contribution in [2.45, 2.75) is 12.8 Å². The number of amides is 1. The number of nitrogens with one attached hydrogen (secondary N) is 2. The van der Waals surface area contributed by atoms with E-state index in [1.54, 1.807) is 30.3 Å². The van der Waals surface area contributed by atoms with Crippen LogP contribution >= 0.6 is 11.6 Å². The Hall–Kier alpha value is -3.47. The number of hydrogen-bond acceptors (Lipinski definition) is 8. The highest BCUT2D eigenvalue weighted by Crippen LogP contribution is 2.37. The molecule has 206 valence electrons. The number of benzene rings is 2. The molecule has 11 heteroatoms. The van der Waals surface area contributed by atoms with Crippen LogP contribution in [0.5, 0.6) is 0 Å². The summed E-state index contributed by atoms with van der Waals surface area (Å²) in [6.45, 7) is 5.33. The third kappa shape index (κ3) is 6.41. The van der Waals surface area contributed by atoms with Gasteiger partial charge in [0.15, 0.2) is 11.0 Å². The Morgan fingerprint density at radius 3 is 2.56 bits per heavy atom. The molecule has 2 saturated heterocycles. The van der Waals surface area contributed by atoms with Crippen LogP contribution in [0, 0.1) is 11.7 Å². The van der Waals surface area contributed by atoms with Gasteiger partial charge < -0.3 is 30.9 Å². The summed E-state index contributed by atoms with van der Waals surface area (Å²) < 4.78 is 21.0. The van der Waals surface area contributed by atoms with Gasteiger partial charge in [0.1, 0.15) is 17.8 Å². The Balaban J connectivity index is 1.40. The molecule has 2 fully saturated rings. The van der Waals surface area contributed by atoms with E-state index in [1.165, 1.54) is 12.4 Å². The fraction of sp³-hybridized carbons (Fsp3) is 0.393. The average Bonchev–Trinajstić information content (AvgIpc) is 2.96. The lowest BCUT2D eigenvalue weighted by atomic mass is 9.99. The Morgan fingerprint density at radius 1 is 1.13 bits per heavy atom. The summed E-state index contributed by atoms with van der Waals surface area (Å²) >= 11 is 6.11. The number of ether oxygens (including phenoxy) is 1. The minimum Gasteiger partial charge on any atom is -0.393 e. The maximum absolute atomic E-state index is 15.6. The van der Waals surface area contributed by atoms with Crippen molar-refractivity contribution >= 4 is 40.4 Å². The molecular weight excluding hydrogens is 521 g/mol. The first-order valence-electron chi connectivity index (χ1n) is 13.2. The molecule has 0 unspecified atom stereocenters. The molecule has 5 rings (SSSR count). The molecule has 0 aliphatic carbocycles. The molecule has 0 radical (unpaired) electrons. The monoisotopic (exact) mass is 553 g/mol. The van der Waals surface area contributed by atoms with E-state index >= 15 is 4.39 Å². The fourth-order valence-electron chi connectivity index (χ4n) is 4.89. The van der Waals surface area contributed by atoms with E-state index in [1.807, 2.05) is 0 Å². The second-order valence-corrected chi connectivity index (χ2v) is 10.4. The highest BCUT2D eigenvalue weighted by molar-refractivity contribution is 6.32. The van der Waals surface area contributed by atoms with Gasteiger partial charge in [-0.25, -0.2) is 14.4 Å². The minimum absolute atomic E-state index is 0.140. The van der Waals surface area contributed by atoms with E-state index in [-0.39, 0.29) is 22.6 Å². The summed E-state index contributed by atoms with van der Waals surface area (Å²) in [7, 11) is 2.07. The largest absolute Gasteiger partial charge is 0.393 e. The van der Waals surface area contributed by atoms with E-state index < -0.39 is 0 Å². The predicted octanol–water partition coefficient (Wildman–Crippen LogP) is 4.17. The van der Waals surface area contributed by atoms with Gasteiger partial charge in [0.05, 0.1) is 11.4 Å². The topological polar surface area (TPSA) is 109 Å². The van der Waals surface area contributed by atoms with Gasteiger partial charge in [-0.1, -0.05) is 23.7 Å². The molecule has 9 nitrogen and oxygen atoms in total. The maximum atomic E-state index is 15.6. The smallest absolute Gasteiger partial charge is 0.251 e. The number of nitrogens with two attached hydrogens (primary N) is 1. The lowest BCUT2D eigenvalue weighted by Crippen LogP contribution is -2.44. The standard InChI is InChI=1S/C28H33ClFN7O2/c1-36-8-10-37(11-9-36)24-15-22(30)21(14-23(24)35-27-25(31)26(29)33-17-34-27)19-2-4-20(5-3-19)28(38)32-16-18-6-12-39-13-7-18/h2-5,14-15,17-18H,6-13,16,31H2,1H3,(H,32,38)(H,33,34,35). The summed E-state index contributed by atoms with van der Waals surface area (Å²) in [5.74, 6) is 0.274. The third-order valence-corrected chi connectivity index (χ3v) is 7.67. The second-order valence-electron chi connectivity index (χ2n) is 10.0. The second kappa shape index (κ2) is 12.1. The number of likely N-dealkylation sites (N-methyl/N-ethyl adjacent to an activating group) is 1. The molecule has 39 heavy (non-hydrogen) atoms. The number of carbonyl (C=O) groups is 1. The zero-order chi connectivity index (χ0) is 27.4. The quantitative estimate of drug-likeness (QED) is 0.374. The molecule has 2 aromatic carbocycles. The summed E-state index contributed by atoms with van der Waals surface area (Å²) in [5.41, 5.74) is 9.26. The van der Waals surface area contributed by atoms with Gasteiger partial charge >= 0.3 is 0 Å². The number of piperazine rings is 1. The van der Waals surface area contributed by atoms with Crippen LogP contribution in [0.4, 0.5) is 27.3 Å². The number of carbonyl (C=O) groups excluding carboxylic acids is 1. The summed E-state index contributed by atoms with van der Waals surface area (Å²) in [6.07, 6.45) is 3.23. The number of nitrogen functional groups attached to an aromatic ring is 1. The molecule has 4 N–H and O–H groups in total. The third-order valence-electron chi connectivity index (χ3n) is 7.37. The predicted molar refractivity (Wildman–Crippen MR) is 152 cm³/mol. The number of rotatable bonds is 7.